The van der Waals surface area contributed by atoms with Gasteiger partial charge in [-0.05, 0) is 54.8 Å². The van der Waals surface area contributed by atoms with E-state index >= 15 is 0 Å². The summed E-state index contributed by atoms with van der Waals surface area (Å²) in [5.74, 6) is 0. The molecular formula is C23H22N4O3S4. The van der Waals surface area contributed by atoms with Crippen molar-refractivity contribution in [3.05, 3.63) is 73.8 Å². The molecule has 0 unspecified atom stereocenters. The highest BCUT2D eigenvalue weighted by atomic mass is 32.2. The maximum absolute atomic E-state index is 12.9. The minimum Gasteiger partial charge on any atom is -0.379 e. The first kappa shape index (κ1) is 23.3. The molecule has 176 valence electrons. The molecule has 5 rings (SSSR count). The molecule has 0 radical (unpaired) electrons. The summed E-state index contributed by atoms with van der Waals surface area (Å²) < 4.78 is 34.3. The molecule has 0 N–H and O–H groups in total. The van der Waals surface area contributed by atoms with Gasteiger partial charge in [0.05, 0.1) is 40.6 Å². The van der Waals surface area contributed by atoms with Crippen molar-refractivity contribution in [1.29, 1.82) is 0 Å². The third-order valence-electron chi connectivity index (χ3n) is 5.19. The highest BCUT2D eigenvalue weighted by Crippen LogP contribution is 2.26. The van der Waals surface area contributed by atoms with E-state index in [4.69, 9.17) is 14.8 Å². The SMILES string of the molecule is Cc1ccc(C=Nn2c(-c3cccs3)csc2=Nc2ccc(S(=O)(=O)N3CCOCC3)cc2)s1. The van der Waals surface area contributed by atoms with Gasteiger partial charge in [-0.2, -0.15) is 9.41 Å². The maximum Gasteiger partial charge on any atom is 0.243 e. The van der Waals surface area contributed by atoms with Gasteiger partial charge in [0, 0.05) is 28.2 Å². The molecule has 3 aromatic heterocycles. The molecule has 0 spiro atoms. The van der Waals surface area contributed by atoms with Crippen LogP contribution in [0.25, 0.3) is 10.6 Å². The molecule has 1 aromatic carbocycles. The number of benzene rings is 1. The molecule has 4 heterocycles. The Morgan fingerprint density at radius 2 is 1.82 bits per heavy atom. The average molecular weight is 531 g/mol. The summed E-state index contributed by atoms with van der Waals surface area (Å²) in [5, 5.41) is 8.81. The van der Waals surface area contributed by atoms with Crippen LogP contribution in [0.3, 0.4) is 0 Å². The van der Waals surface area contributed by atoms with Crippen LogP contribution < -0.4 is 4.80 Å². The van der Waals surface area contributed by atoms with Crippen LogP contribution in [0.4, 0.5) is 5.69 Å². The number of morpholine rings is 1. The monoisotopic (exact) mass is 530 g/mol. The Bertz CT molecular complexity index is 1460. The lowest BCUT2D eigenvalue weighted by Gasteiger charge is -2.26. The topological polar surface area (TPSA) is 76.3 Å². The number of nitrogens with zero attached hydrogens (tertiary/aromatic N) is 4. The second-order valence-electron chi connectivity index (χ2n) is 7.51. The van der Waals surface area contributed by atoms with Crippen molar-refractivity contribution in [3.63, 3.8) is 0 Å². The van der Waals surface area contributed by atoms with Gasteiger partial charge in [-0.15, -0.1) is 34.0 Å². The smallest absolute Gasteiger partial charge is 0.243 e. The van der Waals surface area contributed by atoms with Crippen molar-refractivity contribution >= 4 is 55.9 Å². The van der Waals surface area contributed by atoms with E-state index in [0.29, 0.717) is 36.8 Å². The standard InChI is InChI=1S/C23H22N4O3S4/c1-17-4-7-19(33-17)15-24-27-21(22-3-2-14-31-22)16-32-23(27)25-18-5-8-20(9-6-18)34(28,29)26-10-12-30-13-11-26/h2-9,14-16H,10-13H2,1H3. The Kier molecular flexibility index (Phi) is 6.91. The summed E-state index contributed by atoms with van der Waals surface area (Å²) in [4.78, 5) is 9.14. The van der Waals surface area contributed by atoms with E-state index in [1.807, 2.05) is 33.8 Å². The van der Waals surface area contributed by atoms with Gasteiger partial charge in [0.2, 0.25) is 14.8 Å². The quantitative estimate of drug-likeness (QED) is 0.337. The number of sulfonamides is 1. The van der Waals surface area contributed by atoms with E-state index in [9.17, 15) is 8.42 Å². The minimum atomic E-state index is -3.53. The van der Waals surface area contributed by atoms with Crippen LogP contribution in [0.2, 0.25) is 0 Å². The molecule has 0 saturated carbocycles. The van der Waals surface area contributed by atoms with Gasteiger partial charge < -0.3 is 4.74 Å². The van der Waals surface area contributed by atoms with E-state index in [-0.39, 0.29) is 4.90 Å². The molecule has 34 heavy (non-hydrogen) atoms. The Morgan fingerprint density at radius 1 is 1.03 bits per heavy atom. The Morgan fingerprint density at radius 3 is 2.50 bits per heavy atom. The van der Waals surface area contributed by atoms with Crippen molar-refractivity contribution in [2.45, 2.75) is 11.8 Å². The molecule has 0 amide bonds. The summed E-state index contributed by atoms with van der Waals surface area (Å²) in [5.41, 5.74) is 1.63. The number of hydrogen-bond acceptors (Lipinski definition) is 8. The van der Waals surface area contributed by atoms with Gasteiger partial charge in [-0.3, -0.25) is 0 Å². The number of aromatic nitrogens is 1. The lowest BCUT2D eigenvalue weighted by molar-refractivity contribution is 0.0730. The van der Waals surface area contributed by atoms with Crippen molar-refractivity contribution < 1.29 is 13.2 Å². The van der Waals surface area contributed by atoms with Gasteiger partial charge in [-0.25, -0.2) is 18.1 Å². The Labute approximate surface area is 210 Å². The van der Waals surface area contributed by atoms with Crippen molar-refractivity contribution in [3.8, 4) is 10.6 Å². The van der Waals surface area contributed by atoms with Gasteiger partial charge in [-0.1, -0.05) is 6.07 Å². The predicted octanol–water partition coefficient (Wildman–Crippen LogP) is 4.78. The fourth-order valence-electron chi connectivity index (χ4n) is 3.46. The van der Waals surface area contributed by atoms with E-state index < -0.39 is 10.0 Å². The van der Waals surface area contributed by atoms with Crippen LogP contribution in [0.1, 0.15) is 9.75 Å². The number of thiazole rings is 1. The highest BCUT2D eigenvalue weighted by molar-refractivity contribution is 7.89. The molecule has 0 aliphatic carbocycles. The molecule has 7 nitrogen and oxygen atoms in total. The Balaban J connectivity index is 1.49. The number of rotatable bonds is 6. The first-order chi connectivity index (χ1) is 16.5. The second kappa shape index (κ2) is 10.1. The summed E-state index contributed by atoms with van der Waals surface area (Å²) in [6.45, 7) is 3.65. The molecule has 4 aromatic rings. The molecule has 1 saturated heterocycles. The van der Waals surface area contributed by atoms with Crippen molar-refractivity contribution in [1.82, 2.24) is 8.98 Å². The van der Waals surface area contributed by atoms with Crippen LogP contribution in [0.5, 0.6) is 0 Å². The normalized spacial score (nSPS) is 16.0. The number of aryl methyl sites for hydroxylation is 1. The lowest BCUT2D eigenvalue weighted by atomic mass is 10.3. The van der Waals surface area contributed by atoms with Gasteiger partial charge in [0.1, 0.15) is 0 Å². The van der Waals surface area contributed by atoms with Crippen LogP contribution >= 0.6 is 34.0 Å². The molecule has 1 aliphatic rings. The zero-order valence-corrected chi connectivity index (χ0v) is 21.6. The maximum atomic E-state index is 12.9. The zero-order valence-electron chi connectivity index (χ0n) is 18.3. The summed E-state index contributed by atoms with van der Waals surface area (Å²) in [6, 6.07) is 14.9. The van der Waals surface area contributed by atoms with Crippen LogP contribution in [0.15, 0.2) is 74.3 Å². The number of ether oxygens (including phenoxy) is 1. The third kappa shape index (κ3) is 4.99. The highest BCUT2D eigenvalue weighted by Gasteiger charge is 2.26. The van der Waals surface area contributed by atoms with Gasteiger partial charge in [0.15, 0.2) is 0 Å². The molecule has 11 heteroatoms. The van der Waals surface area contributed by atoms with E-state index in [0.717, 1.165) is 15.4 Å². The number of thiophene rings is 2. The first-order valence-corrected chi connectivity index (χ1v) is 14.6. The third-order valence-corrected chi connectivity index (χ3v) is 9.75. The first-order valence-electron chi connectivity index (χ1n) is 10.6. The van der Waals surface area contributed by atoms with Crippen LogP contribution in [-0.4, -0.2) is 49.9 Å². The van der Waals surface area contributed by atoms with Crippen LogP contribution in [0, 0.1) is 6.92 Å². The Hall–Kier alpha value is -2.41. The second-order valence-corrected chi connectivity index (χ2v) is 12.5. The van der Waals surface area contributed by atoms with Gasteiger partial charge >= 0.3 is 0 Å². The van der Waals surface area contributed by atoms with E-state index in [1.54, 1.807) is 46.9 Å². The van der Waals surface area contributed by atoms with Crippen LogP contribution in [-0.2, 0) is 14.8 Å². The van der Waals surface area contributed by atoms with E-state index in [2.05, 4.69) is 19.1 Å². The fourth-order valence-corrected chi connectivity index (χ4v) is 7.26. The molecule has 1 aliphatic heterocycles. The minimum absolute atomic E-state index is 0.262. The summed E-state index contributed by atoms with van der Waals surface area (Å²) in [6.07, 6.45) is 1.85. The van der Waals surface area contributed by atoms with Gasteiger partial charge in [0.25, 0.3) is 0 Å². The molecule has 1 fully saturated rings. The zero-order chi connectivity index (χ0) is 23.5. The van der Waals surface area contributed by atoms with Crippen molar-refractivity contribution in [2.24, 2.45) is 10.1 Å². The van der Waals surface area contributed by atoms with E-state index in [1.165, 1.54) is 20.5 Å². The van der Waals surface area contributed by atoms with Crippen molar-refractivity contribution in [2.75, 3.05) is 26.3 Å². The molecule has 0 atom stereocenters. The lowest BCUT2D eigenvalue weighted by Crippen LogP contribution is -2.40. The fraction of sp³-hybridized carbons (Fsp3) is 0.217. The average Bonchev–Trinajstić information content (AvgIpc) is 3.60. The molecule has 0 bridgehead atoms. The molecular weight excluding hydrogens is 509 g/mol. The predicted molar refractivity (Wildman–Crippen MR) is 139 cm³/mol. The number of hydrogen-bond donors (Lipinski definition) is 0. The summed E-state index contributed by atoms with van der Waals surface area (Å²) in [7, 11) is -3.53. The summed E-state index contributed by atoms with van der Waals surface area (Å²) >= 11 is 4.82. The largest absolute Gasteiger partial charge is 0.379 e.